The van der Waals surface area contributed by atoms with Gasteiger partial charge in [0.15, 0.2) is 5.13 Å². The number of hydrogen-bond acceptors (Lipinski definition) is 3. The predicted octanol–water partition coefficient (Wildman–Crippen LogP) is 0.798. The van der Waals surface area contributed by atoms with Gasteiger partial charge in [-0.25, -0.2) is 4.98 Å². The predicted molar refractivity (Wildman–Crippen MR) is 40.4 cm³/mol. The van der Waals surface area contributed by atoms with Crippen molar-refractivity contribution in [3.8, 4) is 0 Å². The van der Waals surface area contributed by atoms with E-state index in [1.54, 1.807) is 0 Å². The minimum Gasteiger partial charge on any atom is -0.375 e. The summed E-state index contributed by atoms with van der Waals surface area (Å²) in [4.78, 5) is 3.76. The Labute approximate surface area is 58.1 Å². The van der Waals surface area contributed by atoms with Gasteiger partial charge in [0, 0.05) is 0 Å². The molecule has 1 aromatic heterocycles. The number of aromatic nitrogens is 1. The van der Waals surface area contributed by atoms with Gasteiger partial charge in [-0.2, -0.15) is 4.39 Å². The van der Waals surface area contributed by atoms with E-state index in [2.05, 4.69) is 4.98 Å². The Morgan fingerprint density at radius 2 is 2.44 bits per heavy atom. The monoisotopic (exact) mass is 164 g/mol. The van der Waals surface area contributed by atoms with Crippen LogP contribution in [0.1, 0.15) is 0 Å². The van der Waals surface area contributed by atoms with Crippen molar-refractivity contribution >= 4 is 30.5 Å². The van der Waals surface area contributed by atoms with Gasteiger partial charge >= 0.3 is 0 Å². The van der Waals surface area contributed by atoms with Crippen molar-refractivity contribution in [2.75, 3.05) is 12.4 Å². The fourth-order valence-corrected chi connectivity index (χ4v) is 1.90. The summed E-state index contributed by atoms with van der Waals surface area (Å²) in [5.41, 5.74) is 5.72. The molecule has 0 saturated heterocycles. The second-order valence-corrected chi connectivity index (χ2v) is 3.38. The van der Waals surface area contributed by atoms with Crippen molar-refractivity contribution in [1.29, 1.82) is 0 Å². The minimum atomic E-state index is -0.242. The summed E-state index contributed by atoms with van der Waals surface area (Å²) in [6.07, 6.45) is 0. The van der Waals surface area contributed by atoms with Crippen molar-refractivity contribution in [2.45, 2.75) is 0 Å². The third-order valence-electron chi connectivity index (χ3n) is 0.839. The molecule has 0 aliphatic carbocycles. The SMILES string of the molecule is CPc1nc(N)sc1F. The number of hydrogen-bond donors (Lipinski definition) is 1. The molecule has 1 rings (SSSR count). The Kier molecular flexibility index (Phi) is 1.98. The third-order valence-corrected chi connectivity index (χ3v) is 2.50. The zero-order valence-corrected chi connectivity index (χ0v) is 6.63. The zero-order valence-electron chi connectivity index (χ0n) is 4.81. The lowest BCUT2D eigenvalue weighted by molar-refractivity contribution is 0.663. The average Bonchev–Trinajstić information content (AvgIpc) is 2.10. The second-order valence-electron chi connectivity index (χ2n) is 1.42. The van der Waals surface area contributed by atoms with Crippen LogP contribution in [-0.2, 0) is 0 Å². The molecule has 2 N–H and O–H groups in total. The first-order chi connectivity index (χ1) is 4.24. The van der Waals surface area contributed by atoms with Crippen LogP contribution in [0, 0.1) is 5.13 Å². The average molecular weight is 164 g/mol. The standard InChI is InChI=1S/C4H6FN2PS/c1-8-3-2(5)9-4(6)7-3/h8H,1H3,(H2,6,7). The van der Waals surface area contributed by atoms with Crippen LogP contribution in [0.3, 0.4) is 0 Å². The van der Waals surface area contributed by atoms with Gasteiger partial charge in [0.2, 0.25) is 5.13 Å². The van der Waals surface area contributed by atoms with Crippen LogP contribution in [0.5, 0.6) is 0 Å². The van der Waals surface area contributed by atoms with Gasteiger partial charge in [0.05, 0.1) is 0 Å². The molecule has 2 nitrogen and oxygen atoms in total. The Balaban J connectivity index is 3.01. The lowest BCUT2D eigenvalue weighted by Crippen LogP contribution is -1.98. The van der Waals surface area contributed by atoms with Gasteiger partial charge in [0.25, 0.3) is 0 Å². The third kappa shape index (κ3) is 1.37. The normalized spacial score (nSPS) is 11.3. The number of nitrogens with two attached hydrogens (primary N) is 1. The second kappa shape index (κ2) is 2.58. The van der Waals surface area contributed by atoms with E-state index >= 15 is 0 Å². The quantitative estimate of drug-likeness (QED) is 0.623. The fraction of sp³-hybridized carbons (Fsp3) is 0.250. The molecular formula is C4H6FN2PS. The van der Waals surface area contributed by atoms with Crippen LogP contribution in [0.2, 0.25) is 0 Å². The van der Waals surface area contributed by atoms with E-state index in [1.165, 1.54) is 0 Å². The number of nitrogen functional groups attached to an aromatic ring is 1. The maximum absolute atomic E-state index is 12.5. The highest BCUT2D eigenvalue weighted by Gasteiger charge is 2.04. The lowest BCUT2D eigenvalue weighted by atomic mass is 10.9. The summed E-state index contributed by atoms with van der Waals surface area (Å²) in [5.74, 6) is 0. The fourth-order valence-electron chi connectivity index (χ4n) is 0.471. The molecule has 9 heavy (non-hydrogen) atoms. The Hall–Kier alpha value is -0.210. The van der Waals surface area contributed by atoms with Crippen LogP contribution in [0.4, 0.5) is 9.52 Å². The summed E-state index contributed by atoms with van der Waals surface area (Å²) in [6.45, 7) is 1.87. The van der Waals surface area contributed by atoms with Crippen molar-refractivity contribution in [1.82, 2.24) is 4.98 Å². The van der Waals surface area contributed by atoms with E-state index in [1.807, 2.05) is 6.66 Å². The Bertz CT molecular complexity index is 212. The van der Waals surface area contributed by atoms with Gasteiger partial charge in [-0.15, -0.1) is 0 Å². The van der Waals surface area contributed by atoms with Gasteiger partial charge in [-0.3, -0.25) is 0 Å². The zero-order chi connectivity index (χ0) is 6.85. The molecule has 0 aliphatic heterocycles. The van der Waals surface area contributed by atoms with E-state index in [0.717, 1.165) is 11.3 Å². The molecule has 1 atom stereocenters. The van der Waals surface area contributed by atoms with E-state index in [0.29, 0.717) is 19.1 Å². The van der Waals surface area contributed by atoms with Crippen LogP contribution < -0.4 is 11.2 Å². The number of thiazole rings is 1. The van der Waals surface area contributed by atoms with Crippen molar-refractivity contribution in [2.24, 2.45) is 0 Å². The number of nitrogens with zero attached hydrogens (tertiary/aromatic N) is 1. The molecule has 1 unspecified atom stereocenters. The summed E-state index contributed by atoms with van der Waals surface area (Å²) < 4.78 is 12.5. The number of rotatable bonds is 1. The molecule has 0 aliphatic rings. The van der Waals surface area contributed by atoms with E-state index in [9.17, 15) is 4.39 Å². The molecule has 1 aromatic rings. The summed E-state index contributed by atoms with van der Waals surface area (Å²) in [5, 5.41) is 0.0742. The van der Waals surface area contributed by atoms with Crippen LogP contribution in [0.25, 0.3) is 0 Å². The van der Waals surface area contributed by atoms with Crippen LogP contribution in [-0.4, -0.2) is 11.6 Å². The highest BCUT2D eigenvalue weighted by atomic mass is 32.1. The van der Waals surface area contributed by atoms with E-state index in [4.69, 9.17) is 5.73 Å². The number of halogens is 1. The van der Waals surface area contributed by atoms with E-state index < -0.39 is 0 Å². The van der Waals surface area contributed by atoms with E-state index in [-0.39, 0.29) is 5.13 Å². The minimum absolute atomic E-state index is 0.242. The van der Waals surface area contributed by atoms with Crippen molar-refractivity contribution in [3.63, 3.8) is 0 Å². The molecule has 0 spiro atoms. The topological polar surface area (TPSA) is 38.9 Å². The van der Waals surface area contributed by atoms with Crippen LogP contribution >= 0.6 is 19.9 Å². The highest BCUT2D eigenvalue weighted by Crippen LogP contribution is 2.16. The summed E-state index contributed by atoms with van der Waals surface area (Å²) >= 11 is 0.901. The molecular weight excluding hydrogens is 158 g/mol. The van der Waals surface area contributed by atoms with Crippen molar-refractivity contribution < 1.29 is 4.39 Å². The molecule has 50 valence electrons. The first kappa shape index (κ1) is 6.90. The first-order valence-corrected chi connectivity index (χ1v) is 4.65. The summed E-state index contributed by atoms with van der Waals surface area (Å²) in [7, 11) is 0.394. The maximum Gasteiger partial charge on any atom is 0.205 e. The Morgan fingerprint density at radius 1 is 1.78 bits per heavy atom. The molecule has 0 bridgehead atoms. The number of anilines is 1. The van der Waals surface area contributed by atoms with Crippen LogP contribution in [0.15, 0.2) is 0 Å². The lowest BCUT2D eigenvalue weighted by Gasteiger charge is -1.82. The molecule has 1 heterocycles. The Morgan fingerprint density at radius 3 is 2.67 bits per heavy atom. The molecule has 0 fully saturated rings. The molecule has 0 aromatic carbocycles. The van der Waals surface area contributed by atoms with Gasteiger partial charge in [-0.1, -0.05) is 19.9 Å². The van der Waals surface area contributed by atoms with Gasteiger partial charge in [0.1, 0.15) is 5.44 Å². The van der Waals surface area contributed by atoms with Gasteiger partial charge < -0.3 is 5.73 Å². The van der Waals surface area contributed by atoms with Gasteiger partial charge in [-0.05, 0) is 6.66 Å². The molecule has 0 saturated carbocycles. The first-order valence-electron chi connectivity index (χ1n) is 2.33. The highest BCUT2D eigenvalue weighted by molar-refractivity contribution is 7.46. The molecule has 5 heteroatoms. The summed E-state index contributed by atoms with van der Waals surface area (Å²) in [6, 6.07) is 0. The molecule has 0 radical (unpaired) electrons. The van der Waals surface area contributed by atoms with Crippen molar-refractivity contribution in [3.05, 3.63) is 5.13 Å². The maximum atomic E-state index is 12.5. The smallest absolute Gasteiger partial charge is 0.205 e. The molecule has 0 amide bonds. The largest absolute Gasteiger partial charge is 0.375 e.